The van der Waals surface area contributed by atoms with Crippen LogP contribution in [-0.4, -0.2) is 46.2 Å². The Balaban J connectivity index is 1.86. The largest absolute Gasteiger partial charge is 0.496 e. The number of nitrogens with zero attached hydrogens (tertiary/aromatic N) is 3. The van der Waals surface area contributed by atoms with E-state index < -0.39 is 17.1 Å². The fourth-order valence-corrected chi connectivity index (χ4v) is 5.92. The number of hydrogen-bond acceptors (Lipinski definition) is 7. The SMILES string of the molecule is [2H]c1c(C)c(OC)c(C(C)(C)N(C)CC)c2c([2H])c3c(nc12)-c1cc2c(c(=O)n1C3)COC(=O)[C@]2(O)CC(C)C. The quantitative estimate of drug-likeness (QED) is 0.380. The van der Waals surface area contributed by atoms with Crippen molar-refractivity contribution in [3.63, 3.8) is 0 Å². The molecule has 2 aromatic heterocycles. The van der Waals surface area contributed by atoms with Crippen LogP contribution >= 0.6 is 0 Å². The maximum absolute atomic E-state index is 13.7. The summed E-state index contributed by atoms with van der Waals surface area (Å²) in [6, 6.07) is 1.99. The van der Waals surface area contributed by atoms with Crippen molar-refractivity contribution in [2.75, 3.05) is 20.7 Å². The summed E-state index contributed by atoms with van der Waals surface area (Å²) in [7, 11) is 3.58. The van der Waals surface area contributed by atoms with Crippen molar-refractivity contribution in [3.05, 3.63) is 56.3 Å². The molecule has 1 aromatic carbocycles. The summed E-state index contributed by atoms with van der Waals surface area (Å²) in [5.74, 6) is -0.261. The van der Waals surface area contributed by atoms with E-state index in [9.17, 15) is 16.1 Å². The van der Waals surface area contributed by atoms with Crippen LogP contribution in [0.4, 0.5) is 0 Å². The van der Waals surface area contributed by atoms with Gasteiger partial charge in [0.2, 0.25) is 0 Å². The Morgan fingerprint density at radius 1 is 1.34 bits per heavy atom. The summed E-state index contributed by atoms with van der Waals surface area (Å²) >= 11 is 0. The molecule has 4 heterocycles. The lowest BCUT2D eigenvalue weighted by Crippen LogP contribution is -2.45. The number of methoxy groups -OCH3 is 1. The van der Waals surface area contributed by atoms with Gasteiger partial charge in [0.15, 0.2) is 5.60 Å². The number of esters is 1. The number of aromatic nitrogens is 2. The van der Waals surface area contributed by atoms with E-state index >= 15 is 0 Å². The van der Waals surface area contributed by atoms with E-state index in [1.54, 1.807) is 13.2 Å². The van der Waals surface area contributed by atoms with Crippen LogP contribution in [0.15, 0.2) is 22.9 Å². The second-order valence-corrected chi connectivity index (χ2v) is 11.4. The summed E-state index contributed by atoms with van der Waals surface area (Å²) in [4.78, 5) is 33.6. The Hall–Kier alpha value is -3.23. The molecule has 38 heavy (non-hydrogen) atoms. The zero-order valence-corrected chi connectivity index (χ0v) is 23.4. The highest BCUT2D eigenvalue weighted by Crippen LogP contribution is 2.44. The number of hydrogen-bond donors (Lipinski definition) is 1. The topological polar surface area (TPSA) is 93.9 Å². The van der Waals surface area contributed by atoms with Crippen LogP contribution in [0.5, 0.6) is 5.75 Å². The van der Waals surface area contributed by atoms with Gasteiger partial charge in [-0.25, -0.2) is 9.78 Å². The number of rotatable bonds is 6. The van der Waals surface area contributed by atoms with Crippen LogP contribution in [0.2, 0.25) is 0 Å². The molecule has 1 N–H and O–H groups in total. The number of cyclic esters (lactones) is 1. The van der Waals surface area contributed by atoms with E-state index in [1.807, 2.05) is 27.8 Å². The predicted molar refractivity (Wildman–Crippen MR) is 146 cm³/mol. The molecule has 0 saturated carbocycles. The Labute approximate surface area is 226 Å². The minimum absolute atomic E-state index is 0.0411. The van der Waals surface area contributed by atoms with E-state index in [0.29, 0.717) is 39.2 Å². The molecule has 2 aliphatic rings. The molecule has 0 spiro atoms. The van der Waals surface area contributed by atoms with Crippen molar-refractivity contribution in [3.8, 4) is 17.1 Å². The number of fused-ring (bicyclic) bond motifs is 5. The first kappa shape index (κ1) is 23.9. The van der Waals surface area contributed by atoms with E-state index in [2.05, 4.69) is 25.7 Å². The molecule has 0 unspecified atom stereocenters. The maximum atomic E-state index is 13.7. The van der Waals surface area contributed by atoms with Gasteiger partial charge in [0.05, 0.1) is 38.9 Å². The molecule has 0 aliphatic carbocycles. The van der Waals surface area contributed by atoms with Gasteiger partial charge in [0.25, 0.3) is 5.56 Å². The molecule has 5 rings (SSSR count). The molecular weight excluding hydrogens is 482 g/mol. The van der Waals surface area contributed by atoms with Crippen molar-refractivity contribution >= 4 is 16.9 Å². The van der Waals surface area contributed by atoms with E-state index in [0.717, 1.165) is 12.1 Å². The summed E-state index contributed by atoms with van der Waals surface area (Å²) < 4.78 is 31.0. The van der Waals surface area contributed by atoms with Gasteiger partial charge in [-0.05, 0) is 70.4 Å². The first-order valence-corrected chi connectivity index (χ1v) is 13.1. The van der Waals surface area contributed by atoms with Crippen LogP contribution in [0, 0.1) is 12.8 Å². The Bertz CT molecular complexity index is 1650. The fourth-order valence-electron chi connectivity index (χ4n) is 5.92. The van der Waals surface area contributed by atoms with Crippen molar-refractivity contribution in [2.24, 2.45) is 5.92 Å². The average molecular weight is 522 g/mol. The fraction of sp³-hybridized carbons (Fsp3) is 0.500. The van der Waals surface area contributed by atoms with Gasteiger partial charge in [0.1, 0.15) is 12.4 Å². The number of aliphatic hydroxyl groups is 1. The number of benzene rings is 1. The zero-order chi connectivity index (χ0) is 29.5. The van der Waals surface area contributed by atoms with Crippen LogP contribution in [0.1, 0.15) is 71.6 Å². The molecule has 0 saturated heterocycles. The monoisotopic (exact) mass is 521 g/mol. The minimum Gasteiger partial charge on any atom is -0.496 e. The minimum atomic E-state index is -1.95. The molecule has 8 heteroatoms. The molecule has 1 atom stereocenters. The van der Waals surface area contributed by atoms with E-state index in [4.69, 9.17) is 15.8 Å². The lowest BCUT2D eigenvalue weighted by molar-refractivity contribution is -0.174. The number of pyridine rings is 2. The molecule has 0 amide bonds. The maximum Gasteiger partial charge on any atom is 0.343 e. The van der Waals surface area contributed by atoms with Gasteiger partial charge >= 0.3 is 5.97 Å². The number of carbonyl (C=O) groups is 1. The highest BCUT2D eigenvalue weighted by atomic mass is 16.6. The third-order valence-corrected chi connectivity index (χ3v) is 8.18. The van der Waals surface area contributed by atoms with Crippen LogP contribution in [-0.2, 0) is 33.8 Å². The van der Waals surface area contributed by atoms with E-state index in [-0.39, 0.29) is 54.3 Å². The zero-order valence-electron chi connectivity index (χ0n) is 25.4. The smallest absolute Gasteiger partial charge is 0.343 e. The third kappa shape index (κ3) is 3.68. The lowest BCUT2D eigenvalue weighted by atomic mass is 9.82. The highest BCUT2D eigenvalue weighted by molar-refractivity contribution is 5.91. The second-order valence-electron chi connectivity index (χ2n) is 11.4. The molecule has 2 aliphatic heterocycles. The summed E-state index contributed by atoms with van der Waals surface area (Å²) in [6.07, 6.45) is 0.0999. The van der Waals surface area contributed by atoms with Crippen molar-refractivity contribution in [1.82, 2.24) is 14.5 Å². The molecular formula is C30H37N3O5. The summed E-state index contributed by atoms with van der Waals surface area (Å²) in [6.45, 7) is 12.4. The van der Waals surface area contributed by atoms with Crippen LogP contribution < -0.4 is 10.3 Å². The van der Waals surface area contributed by atoms with Gasteiger partial charge < -0.3 is 19.1 Å². The first-order chi connectivity index (χ1) is 18.7. The van der Waals surface area contributed by atoms with Crippen LogP contribution in [0.25, 0.3) is 22.3 Å². The van der Waals surface area contributed by atoms with Crippen LogP contribution in [0.3, 0.4) is 0 Å². The Morgan fingerprint density at radius 3 is 2.68 bits per heavy atom. The second kappa shape index (κ2) is 8.92. The summed E-state index contributed by atoms with van der Waals surface area (Å²) in [5, 5.41) is 12.0. The van der Waals surface area contributed by atoms with Gasteiger partial charge in [-0.1, -0.05) is 20.8 Å². The van der Waals surface area contributed by atoms with Gasteiger partial charge in [-0.2, -0.15) is 0 Å². The van der Waals surface area contributed by atoms with E-state index in [1.165, 1.54) is 4.57 Å². The molecule has 202 valence electrons. The molecule has 8 nitrogen and oxygen atoms in total. The Kier molecular flexibility index (Phi) is 5.60. The van der Waals surface area contributed by atoms with Crippen molar-refractivity contribution < 1.29 is 22.1 Å². The van der Waals surface area contributed by atoms with Gasteiger partial charge in [0, 0.05) is 27.6 Å². The number of ether oxygens (including phenoxy) is 2. The average Bonchev–Trinajstić information content (AvgIpc) is 3.27. The lowest BCUT2D eigenvalue weighted by Gasteiger charge is -2.37. The van der Waals surface area contributed by atoms with Gasteiger partial charge in [-0.15, -0.1) is 0 Å². The Morgan fingerprint density at radius 2 is 2.05 bits per heavy atom. The molecule has 0 fully saturated rings. The number of carbonyl (C=O) groups excluding carboxylic acids is 1. The highest BCUT2D eigenvalue weighted by Gasteiger charge is 2.47. The third-order valence-electron chi connectivity index (χ3n) is 8.18. The molecule has 0 radical (unpaired) electrons. The molecule has 3 aromatic rings. The first-order valence-electron chi connectivity index (χ1n) is 14.1. The van der Waals surface area contributed by atoms with Crippen molar-refractivity contribution in [1.29, 1.82) is 0 Å². The summed E-state index contributed by atoms with van der Waals surface area (Å²) in [5.41, 5.74) is 0.702. The molecule has 0 bridgehead atoms. The standard InChI is InChI=1S/C30H37N3O5/c1-9-32(7)29(5,6)24-19-11-18-14-33-23(25(18)31-22(19)10-17(4)26(24)37-8)12-21-20(27(33)34)15-38-28(35)30(21,36)13-16(2)3/h10-12,16,36H,9,13-15H2,1-8H3/t30-/m0/s1/i10D,11D. The van der Waals surface area contributed by atoms with Crippen molar-refractivity contribution in [2.45, 2.75) is 72.3 Å². The van der Waals surface area contributed by atoms with Gasteiger partial charge in [-0.3, -0.25) is 9.69 Å². The normalized spacial score (nSPS) is 19.3. The predicted octanol–water partition coefficient (Wildman–Crippen LogP) is 4.22.